The average molecular weight is 372 g/mol. The number of hydrogen-bond acceptors (Lipinski definition) is 3. The molecule has 4 nitrogen and oxygen atoms in total. The van der Waals surface area contributed by atoms with Crippen LogP contribution in [0.4, 0.5) is 0 Å². The van der Waals surface area contributed by atoms with Gasteiger partial charge in [-0.15, -0.1) is 11.6 Å². The van der Waals surface area contributed by atoms with Crippen molar-refractivity contribution < 1.29 is 0 Å². The normalized spacial score (nSPS) is 23.8. The van der Waals surface area contributed by atoms with E-state index in [-0.39, 0.29) is 0 Å². The minimum atomic E-state index is 0.457. The molecule has 3 rings (SSSR count). The third-order valence-corrected chi connectivity index (χ3v) is 4.91. The van der Waals surface area contributed by atoms with Crippen LogP contribution in [0.15, 0.2) is 16.7 Å². The highest BCUT2D eigenvalue weighted by Crippen LogP contribution is 2.32. The van der Waals surface area contributed by atoms with Gasteiger partial charge in [0.25, 0.3) is 0 Å². The van der Waals surface area contributed by atoms with E-state index in [0.717, 1.165) is 47.4 Å². The summed E-state index contributed by atoms with van der Waals surface area (Å²) in [6, 6.07) is 2.49. The lowest BCUT2D eigenvalue weighted by molar-refractivity contribution is 0.159. The quantitative estimate of drug-likeness (QED) is 0.775. The fraction of sp³-hybridized carbons (Fsp3) is 0.600. The fourth-order valence-electron chi connectivity index (χ4n) is 3.34. The molecule has 2 aromatic rings. The molecule has 1 aliphatic heterocycles. The summed E-state index contributed by atoms with van der Waals surface area (Å²) in [6.45, 7) is 4.54. The number of piperidine rings is 1. The second-order valence-corrected chi connectivity index (χ2v) is 7.22. The highest BCUT2D eigenvalue weighted by molar-refractivity contribution is 9.10. The maximum Gasteiger partial charge on any atom is 0.160 e. The van der Waals surface area contributed by atoms with Gasteiger partial charge in [-0.25, -0.2) is 9.97 Å². The predicted octanol–water partition coefficient (Wildman–Crippen LogP) is 3.49. The molecule has 0 aromatic carbocycles. The molecular weight excluding hydrogens is 352 g/mol. The molecule has 0 bridgehead atoms. The molecule has 3 heterocycles. The third kappa shape index (κ3) is 2.96. The zero-order valence-electron chi connectivity index (χ0n) is 12.4. The van der Waals surface area contributed by atoms with E-state index in [1.165, 1.54) is 0 Å². The minimum absolute atomic E-state index is 0.457. The topological polar surface area (TPSA) is 34.0 Å². The van der Waals surface area contributed by atoms with Gasteiger partial charge in [0.1, 0.15) is 11.3 Å². The summed E-state index contributed by atoms with van der Waals surface area (Å²) in [7, 11) is 2.19. The van der Waals surface area contributed by atoms with Crippen LogP contribution in [0.25, 0.3) is 11.2 Å². The van der Waals surface area contributed by atoms with E-state index in [1.54, 1.807) is 0 Å². The second-order valence-electron chi connectivity index (χ2n) is 5.93. The number of aromatic nitrogens is 3. The number of aryl methyl sites for hydroxylation is 1. The van der Waals surface area contributed by atoms with Crippen molar-refractivity contribution in [3.63, 3.8) is 0 Å². The highest BCUT2D eigenvalue weighted by Gasteiger charge is 2.29. The Hall–Kier alpha value is -0.650. The van der Waals surface area contributed by atoms with Gasteiger partial charge in [0.15, 0.2) is 5.65 Å². The number of imidazole rings is 1. The van der Waals surface area contributed by atoms with Crippen LogP contribution in [0.2, 0.25) is 0 Å². The van der Waals surface area contributed by atoms with Crippen LogP contribution in [0, 0.1) is 5.92 Å². The van der Waals surface area contributed by atoms with Crippen molar-refractivity contribution in [2.75, 3.05) is 26.0 Å². The van der Waals surface area contributed by atoms with E-state index in [1.807, 2.05) is 12.3 Å². The molecule has 2 aromatic heterocycles. The van der Waals surface area contributed by atoms with Crippen LogP contribution >= 0.6 is 27.5 Å². The number of rotatable bonds is 3. The maximum atomic E-state index is 5.97. The molecule has 114 valence electrons. The van der Waals surface area contributed by atoms with Crippen molar-refractivity contribution in [3.8, 4) is 0 Å². The van der Waals surface area contributed by atoms with Crippen LogP contribution in [0.1, 0.15) is 25.2 Å². The molecule has 21 heavy (non-hydrogen) atoms. The zero-order chi connectivity index (χ0) is 15.0. The van der Waals surface area contributed by atoms with Gasteiger partial charge in [-0.05, 0) is 47.9 Å². The van der Waals surface area contributed by atoms with Gasteiger partial charge in [0, 0.05) is 35.6 Å². The third-order valence-electron chi connectivity index (χ3n) is 4.28. The molecular formula is C15H20BrClN4. The van der Waals surface area contributed by atoms with E-state index in [2.05, 4.69) is 44.4 Å². The fourth-order valence-corrected chi connectivity index (χ4v) is 3.83. The lowest BCUT2D eigenvalue weighted by Gasteiger charge is -2.36. The number of hydrogen-bond donors (Lipinski definition) is 0. The number of fused-ring (bicyclic) bond motifs is 1. The Kier molecular flexibility index (Phi) is 4.52. The van der Waals surface area contributed by atoms with Gasteiger partial charge in [0.05, 0.1) is 0 Å². The van der Waals surface area contributed by atoms with Gasteiger partial charge in [0.2, 0.25) is 0 Å². The van der Waals surface area contributed by atoms with E-state index in [0.29, 0.717) is 17.8 Å². The van der Waals surface area contributed by atoms with Crippen LogP contribution < -0.4 is 0 Å². The Morgan fingerprint density at radius 2 is 2.29 bits per heavy atom. The smallest absolute Gasteiger partial charge is 0.160 e. The van der Waals surface area contributed by atoms with E-state index < -0.39 is 0 Å². The lowest BCUT2D eigenvalue weighted by atomic mass is 9.93. The van der Waals surface area contributed by atoms with Crippen molar-refractivity contribution >= 4 is 38.7 Å². The number of nitrogens with zero attached hydrogens (tertiary/aromatic N) is 4. The van der Waals surface area contributed by atoms with Crippen molar-refractivity contribution in [2.45, 2.75) is 25.8 Å². The van der Waals surface area contributed by atoms with Crippen LogP contribution in [-0.4, -0.2) is 45.5 Å². The summed E-state index contributed by atoms with van der Waals surface area (Å²) in [5.74, 6) is 2.23. The SMILES string of the molecule is CC1CN(C)CCC1n1c(CCCl)nc2cc(Br)cnc21. The summed E-state index contributed by atoms with van der Waals surface area (Å²) < 4.78 is 3.30. The van der Waals surface area contributed by atoms with Crippen molar-refractivity contribution in [2.24, 2.45) is 5.92 Å². The van der Waals surface area contributed by atoms with Crippen LogP contribution in [-0.2, 0) is 6.42 Å². The molecule has 0 N–H and O–H groups in total. The highest BCUT2D eigenvalue weighted by atomic mass is 79.9. The summed E-state index contributed by atoms with van der Waals surface area (Å²) in [5, 5.41) is 0. The van der Waals surface area contributed by atoms with Crippen molar-refractivity contribution in [1.82, 2.24) is 19.4 Å². The molecule has 1 saturated heterocycles. The number of pyridine rings is 1. The Labute approximate surface area is 138 Å². The summed E-state index contributed by atoms with van der Waals surface area (Å²) >= 11 is 9.45. The first-order chi connectivity index (χ1) is 10.1. The number of halogens is 2. The molecule has 0 amide bonds. The first-order valence-corrected chi connectivity index (χ1v) is 8.69. The molecule has 0 radical (unpaired) electrons. The van der Waals surface area contributed by atoms with Crippen LogP contribution in [0.3, 0.4) is 0 Å². The Bertz CT molecular complexity index is 642. The van der Waals surface area contributed by atoms with E-state index >= 15 is 0 Å². The lowest BCUT2D eigenvalue weighted by Crippen LogP contribution is -2.38. The summed E-state index contributed by atoms with van der Waals surface area (Å²) in [6.07, 6.45) is 3.77. The maximum absolute atomic E-state index is 5.97. The van der Waals surface area contributed by atoms with Gasteiger partial charge in [-0.2, -0.15) is 0 Å². The van der Waals surface area contributed by atoms with Gasteiger partial charge in [-0.1, -0.05) is 6.92 Å². The molecule has 2 atom stereocenters. The first-order valence-electron chi connectivity index (χ1n) is 7.37. The Morgan fingerprint density at radius 1 is 1.48 bits per heavy atom. The van der Waals surface area contributed by atoms with Gasteiger partial charge < -0.3 is 9.47 Å². The first kappa shape index (κ1) is 15.3. The zero-order valence-corrected chi connectivity index (χ0v) is 14.7. The largest absolute Gasteiger partial charge is 0.309 e. The Balaban J connectivity index is 2.08. The van der Waals surface area contributed by atoms with Crippen molar-refractivity contribution in [3.05, 3.63) is 22.6 Å². The van der Waals surface area contributed by atoms with E-state index in [4.69, 9.17) is 16.6 Å². The minimum Gasteiger partial charge on any atom is -0.309 e. The molecule has 1 aliphatic rings. The monoisotopic (exact) mass is 370 g/mol. The summed E-state index contributed by atoms with van der Waals surface area (Å²) in [5.41, 5.74) is 1.94. The second kappa shape index (κ2) is 6.23. The molecule has 1 fully saturated rings. The molecule has 2 unspecified atom stereocenters. The van der Waals surface area contributed by atoms with Crippen molar-refractivity contribution in [1.29, 1.82) is 0 Å². The number of alkyl halides is 1. The Morgan fingerprint density at radius 3 is 3.00 bits per heavy atom. The summed E-state index contributed by atoms with van der Waals surface area (Å²) in [4.78, 5) is 11.8. The van der Waals surface area contributed by atoms with Gasteiger partial charge in [-0.3, -0.25) is 0 Å². The standard InChI is InChI=1S/C15H20BrClN4/c1-10-9-20(2)6-4-13(10)21-14(3-5-17)19-12-7-11(16)8-18-15(12)21/h7-8,10,13H,3-6,9H2,1-2H3. The predicted molar refractivity (Wildman–Crippen MR) is 90.0 cm³/mol. The van der Waals surface area contributed by atoms with Gasteiger partial charge >= 0.3 is 0 Å². The molecule has 0 saturated carbocycles. The number of likely N-dealkylation sites (tertiary alicyclic amines) is 1. The molecule has 6 heteroatoms. The molecule has 0 aliphatic carbocycles. The van der Waals surface area contributed by atoms with Crippen LogP contribution in [0.5, 0.6) is 0 Å². The van der Waals surface area contributed by atoms with E-state index in [9.17, 15) is 0 Å². The average Bonchev–Trinajstić information content (AvgIpc) is 2.76. The molecule has 0 spiro atoms.